The Morgan fingerprint density at radius 2 is 1.47 bits per heavy atom. The number of carbonyl (C=O) groups excluding carboxylic acids is 4. The maximum absolute atomic E-state index is 12.3. The van der Waals surface area contributed by atoms with Gasteiger partial charge in [-0.05, 0) is 48.5 Å². The van der Waals surface area contributed by atoms with Crippen LogP contribution in [0, 0.1) is 0 Å². The highest BCUT2D eigenvalue weighted by molar-refractivity contribution is 8.76. The minimum absolute atomic E-state index is 0.0735. The van der Waals surface area contributed by atoms with E-state index in [9.17, 15) is 19.2 Å². The van der Waals surface area contributed by atoms with Crippen LogP contribution in [0.25, 0.3) is 0 Å². The van der Waals surface area contributed by atoms with E-state index >= 15 is 0 Å². The summed E-state index contributed by atoms with van der Waals surface area (Å²) in [6, 6.07) is 14.6. The molecule has 1 aliphatic rings. The first-order chi connectivity index (χ1) is 17.3. The molecule has 3 rings (SSSR count). The van der Waals surface area contributed by atoms with Gasteiger partial charge in [-0.2, -0.15) is 10.2 Å². The monoisotopic (exact) mass is 529 g/mol. The first-order valence-corrected chi connectivity index (χ1v) is 13.7. The standard InChI is InChI=1S/C24H27N5O5S2/c1-28(2)20-9-7-19(8-10-20)27-26-18-5-3-17(4-6-18)24(33)25-14-16-36-35-15-13-23(32)34-29-21(30)11-12-22(29)31/h3-10H,11-16H2,1-2H3,(H,25,33)/b27-26+. The molecule has 0 radical (unpaired) electrons. The third-order valence-corrected chi connectivity index (χ3v) is 7.33. The molecule has 0 saturated carbocycles. The molecule has 3 amide bonds. The van der Waals surface area contributed by atoms with Gasteiger partial charge in [-0.3, -0.25) is 14.4 Å². The summed E-state index contributed by atoms with van der Waals surface area (Å²) in [6.45, 7) is 0.460. The summed E-state index contributed by atoms with van der Waals surface area (Å²) < 4.78 is 0. The number of rotatable bonds is 12. The molecule has 0 atom stereocenters. The number of amides is 3. The van der Waals surface area contributed by atoms with Crippen LogP contribution in [0.1, 0.15) is 29.6 Å². The molecule has 0 aromatic heterocycles. The van der Waals surface area contributed by atoms with Gasteiger partial charge in [0.2, 0.25) is 0 Å². The first-order valence-electron chi connectivity index (χ1n) is 11.2. The topological polar surface area (TPSA) is 121 Å². The van der Waals surface area contributed by atoms with Crippen LogP contribution in [0.3, 0.4) is 0 Å². The van der Waals surface area contributed by atoms with Crippen LogP contribution < -0.4 is 10.2 Å². The SMILES string of the molecule is CN(C)c1ccc(/N=N/c2ccc(C(=O)NCCSSCCC(=O)ON3C(=O)CCC3=O)cc2)cc1. The van der Waals surface area contributed by atoms with Crippen LogP contribution in [-0.4, -0.2) is 60.9 Å². The number of hydrogen-bond acceptors (Lipinski definition) is 10. The third-order valence-electron chi connectivity index (χ3n) is 4.92. The minimum Gasteiger partial charge on any atom is -0.378 e. The van der Waals surface area contributed by atoms with Gasteiger partial charge in [0.1, 0.15) is 0 Å². The Morgan fingerprint density at radius 3 is 2.06 bits per heavy atom. The Hall–Kier alpha value is -3.38. The molecule has 190 valence electrons. The maximum Gasteiger partial charge on any atom is 0.334 e. The summed E-state index contributed by atoms with van der Waals surface area (Å²) in [6.07, 6.45) is 0.223. The second-order valence-electron chi connectivity index (χ2n) is 7.85. The molecule has 0 spiro atoms. The van der Waals surface area contributed by atoms with E-state index in [1.54, 1.807) is 24.3 Å². The largest absolute Gasteiger partial charge is 0.378 e. The van der Waals surface area contributed by atoms with Gasteiger partial charge in [0, 0.05) is 56.2 Å². The minimum atomic E-state index is -0.620. The molecular weight excluding hydrogens is 502 g/mol. The predicted molar refractivity (Wildman–Crippen MR) is 140 cm³/mol. The zero-order chi connectivity index (χ0) is 25.9. The van der Waals surface area contributed by atoms with E-state index < -0.39 is 17.8 Å². The van der Waals surface area contributed by atoms with Gasteiger partial charge >= 0.3 is 5.97 Å². The molecule has 2 aromatic rings. The van der Waals surface area contributed by atoms with Crippen molar-refractivity contribution in [2.45, 2.75) is 19.3 Å². The van der Waals surface area contributed by atoms with Crippen LogP contribution in [0.2, 0.25) is 0 Å². The van der Waals surface area contributed by atoms with Crippen molar-refractivity contribution in [1.82, 2.24) is 10.4 Å². The summed E-state index contributed by atoms with van der Waals surface area (Å²) in [4.78, 5) is 53.7. The van der Waals surface area contributed by atoms with Crippen molar-refractivity contribution in [3.8, 4) is 0 Å². The van der Waals surface area contributed by atoms with Gasteiger partial charge in [-0.1, -0.05) is 21.6 Å². The molecule has 0 aliphatic carbocycles. The highest BCUT2D eigenvalue weighted by Crippen LogP contribution is 2.23. The highest BCUT2D eigenvalue weighted by atomic mass is 33.1. The van der Waals surface area contributed by atoms with Gasteiger partial charge < -0.3 is 15.1 Å². The average molecular weight is 530 g/mol. The number of hydrogen-bond donors (Lipinski definition) is 1. The van der Waals surface area contributed by atoms with E-state index in [1.807, 2.05) is 43.3 Å². The number of imide groups is 1. The molecular formula is C24H27N5O5S2. The average Bonchev–Trinajstić information content (AvgIpc) is 3.19. The number of carbonyl (C=O) groups is 4. The summed E-state index contributed by atoms with van der Waals surface area (Å²) >= 11 is 0. The molecule has 36 heavy (non-hydrogen) atoms. The summed E-state index contributed by atoms with van der Waals surface area (Å²) in [5, 5.41) is 11.8. The summed E-state index contributed by atoms with van der Waals surface area (Å²) in [5.41, 5.74) is 2.99. The predicted octanol–water partition coefficient (Wildman–Crippen LogP) is 4.28. The van der Waals surface area contributed by atoms with Gasteiger partial charge in [-0.25, -0.2) is 4.79 Å². The van der Waals surface area contributed by atoms with E-state index in [0.717, 1.165) is 11.4 Å². The molecule has 12 heteroatoms. The number of anilines is 1. The lowest BCUT2D eigenvalue weighted by molar-refractivity contribution is -0.197. The van der Waals surface area contributed by atoms with E-state index in [4.69, 9.17) is 4.84 Å². The normalized spacial score (nSPS) is 13.3. The quantitative estimate of drug-likeness (QED) is 0.187. The fraction of sp³-hybridized carbons (Fsp3) is 0.333. The van der Waals surface area contributed by atoms with Crippen molar-refractivity contribution >= 4 is 62.3 Å². The van der Waals surface area contributed by atoms with Crippen molar-refractivity contribution in [3.05, 3.63) is 54.1 Å². The molecule has 2 aromatic carbocycles. The molecule has 1 fully saturated rings. The summed E-state index contributed by atoms with van der Waals surface area (Å²) in [7, 11) is 6.89. The zero-order valence-electron chi connectivity index (χ0n) is 20.0. The van der Waals surface area contributed by atoms with E-state index in [-0.39, 0.29) is 25.2 Å². The molecule has 10 nitrogen and oxygen atoms in total. The van der Waals surface area contributed by atoms with E-state index in [0.29, 0.717) is 34.4 Å². The summed E-state index contributed by atoms with van der Waals surface area (Å²) in [5.74, 6) is -0.680. The molecule has 1 heterocycles. The van der Waals surface area contributed by atoms with Gasteiger partial charge in [0.25, 0.3) is 17.7 Å². The van der Waals surface area contributed by atoms with Crippen molar-refractivity contribution in [1.29, 1.82) is 0 Å². The van der Waals surface area contributed by atoms with Crippen LogP contribution in [0.5, 0.6) is 0 Å². The molecule has 0 bridgehead atoms. The zero-order valence-corrected chi connectivity index (χ0v) is 21.6. The van der Waals surface area contributed by atoms with Crippen LogP contribution >= 0.6 is 21.6 Å². The smallest absolute Gasteiger partial charge is 0.334 e. The Balaban J connectivity index is 1.30. The van der Waals surface area contributed by atoms with Crippen LogP contribution in [0.15, 0.2) is 58.8 Å². The number of benzene rings is 2. The number of hydroxylamine groups is 2. The van der Waals surface area contributed by atoms with Crippen LogP contribution in [0.4, 0.5) is 17.1 Å². The maximum atomic E-state index is 12.3. The van der Waals surface area contributed by atoms with E-state index in [2.05, 4.69) is 15.5 Å². The molecule has 0 unspecified atom stereocenters. The van der Waals surface area contributed by atoms with Crippen molar-refractivity contribution in [2.75, 3.05) is 37.0 Å². The lowest BCUT2D eigenvalue weighted by atomic mass is 10.2. The van der Waals surface area contributed by atoms with Gasteiger partial charge in [0.15, 0.2) is 0 Å². The Morgan fingerprint density at radius 1 is 0.917 bits per heavy atom. The molecule has 1 N–H and O–H groups in total. The van der Waals surface area contributed by atoms with Crippen molar-refractivity contribution < 1.29 is 24.0 Å². The van der Waals surface area contributed by atoms with Crippen molar-refractivity contribution in [2.24, 2.45) is 10.2 Å². The van der Waals surface area contributed by atoms with Crippen molar-refractivity contribution in [3.63, 3.8) is 0 Å². The Kier molecular flexibility index (Phi) is 10.3. The lowest BCUT2D eigenvalue weighted by Crippen LogP contribution is -2.32. The first kappa shape index (κ1) is 27.2. The third kappa shape index (κ3) is 8.38. The lowest BCUT2D eigenvalue weighted by Gasteiger charge is -2.12. The number of nitrogens with one attached hydrogen (secondary N) is 1. The second-order valence-corrected chi connectivity index (χ2v) is 10.6. The molecule has 1 aliphatic heterocycles. The van der Waals surface area contributed by atoms with E-state index in [1.165, 1.54) is 21.6 Å². The van der Waals surface area contributed by atoms with Gasteiger partial charge in [-0.15, -0.1) is 5.06 Å². The molecule has 1 saturated heterocycles. The fourth-order valence-electron chi connectivity index (χ4n) is 2.97. The number of azo groups is 1. The Bertz CT molecular complexity index is 1090. The fourth-order valence-corrected chi connectivity index (χ4v) is 4.85. The van der Waals surface area contributed by atoms with Gasteiger partial charge in [0.05, 0.1) is 17.8 Å². The van der Waals surface area contributed by atoms with Crippen LogP contribution in [-0.2, 0) is 19.2 Å². The Labute approximate surface area is 217 Å². The number of nitrogens with zero attached hydrogens (tertiary/aromatic N) is 4. The second kappa shape index (κ2) is 13.6. The highest BCUT2D eigenvalue weighted by Gasteiger charge is 2.32.